The largest absolute Gasteiger partial charge is 0.481 e. The van der Waals surface area contributed by atoms with E-state index in [0.29, 0.717) is 25.8 Å². The molecule has 13 nitrogen and oxygen atoms in total. The molecule has 0 radical (unpaired) electrons. The SMILES string of the molecule is CCC(C)C(NC(=O)C(CCCCN)NC(=O)C(N)CC(=O)O)C(=O)NC(C(=O)O)C(C)O. The number of aliphatic hydroxyl groups excluding tert-OH is 1. The van der Waals surface area contributed by atoms with Crippen molar-refractivity contribution in [3.05, 3.63) is 0 Å². The van der Waals surface area contributed by atoms with Crippen LogP contribution < -0.4 is 27.4 Å². The van der Waals surface area contributed by atoms with Gasteiger partial charge in [0.1, 0.15) is 12.1 Å². The molecule has 0 aliphatic heterocycles. The van der Waals surface area contributed by atoms with Gasteiger partial charge in [-0.1, -0.05) is 20.3 Å². The van der Waals surface area contributed by atoms with Crippen molar-refractivity contribution in [1.29, 1.82) is 0 Å². The van der Waals surface area contributed by atoms with Crippen molar-refractivity contribution < 1.29 is 39.3 Å². The Hall–Kier alpha value is -2.77. The Morgan fingerprint density at radius 3 is 1.91 bits per heavy atom. The number of rotatable bonds is 16. The Bertz CT molecular complexity index is 687. The highest BCUT2D eigenvalue weighted by atomic mass is 16.4. The van der Waals surface area contributed by atoms with Gasteiger partial charge in [-0.2, -0.15) is 0 Å². The Morgan fingerprint density at radius 2 is 1.45 bits per heavy atom. The number of carboxylic acid groups (broad SMARTS) is 2. The van der Waals surface area contributed by atoms with Gasteiger partial charge in [0.05, 0.1) is 18.6 Å². The Kier molecular flexibility index (Phi) is 13.9. The van der Waals surface area contributed by atoms with Crippen LogP contribution in [0.1, 0.15) is 52.9 Å². The van der Waals surface area contributed by atoms with E-state index in [9.17, 15) is 34.2 Å². The molecule has 0 spiro atoms. The minimum Gasteiger partial charge on any atom is -0.481 e. The van der Waals surface area contributed by atoms with Crippen molar-refractivity contribution in [2.24, 2.45) is 17.4 Å². The molecule has 0 saturated heterocycles. The fraction of sp³-hybridized carbons (Fsp3) is 0.750. The van der Waals surface area contributed by atoms with Crippen molar-refractivity contribution in [3.63, 3.8) is 0 Å². The van der Waals surface area contributed by atoms with E-state index in [0.717, 1.165) is 0 Å². The summed E-state index contributed by atoms with van der Waals surface area (Å²) in [4.78, 5) is 60.0. The van der Waals surface area contributed by atoms with E-state index in [1.54, 1.807) is 13.8 Å². The van der Waals surface area contributed by atoms with Crippen molar-refractivity contribution in [2.75, 3.05) is 6.54 Å². The lowest BCUT2D eigenvalue weighted by Crippen LogP contribution is -2.59. The van der Waals surface area contributed by atoms with Crippen LogP contribution in [0.2, 0.25) is 0 Å². The number of carboxylic acids is 2. The van der Waals surface area contributed by atoms with Gasteiger partial charge in [0.15, 0.2) is 6.04 Å². The van der Waals surface area contributed by atoms with Crippen molar-refractivity contribution in [2.45, 2.75) is 83.1 Å². The third-order valence-corrected chi connectivity index (χ3v) is 5.15. The number of amides is 3. The van der Waals surface area contributed by atoms with E-state index in [1.165, 1.54) is 6.92 Å². The molecule has 3 amide bonds. The molecule has 0 heterocycles. The molecule has 0 aromatic rings. The molecule has 0 rings (SSSR count). The average molecular weight is 476 g/mol. The monoisotopic (exact) mass is 475 g/mol. The van der Waals surface area contributed by atoms with Crippen LogP contribution in [0.15, 0.2) is 0 Å². The molecule has 0 aromatic heterocycles. The molecule has 190 valence electrons. The first-order valence-corrected chi connectivity index (χ1v) is 10.8. The molecule has 10 N–H and O–H groups in total. The van der Waals surface area contributed by atoms with Crippen molar-refractivity contribution in [1.82, 2.24) is 16.0 Å². The van der Waals surface area contributed by atoms with Crippen LogP contribution >= 0.6 is 0 Å². The second-order valence-electron chi connectivity index (χ2n) is 7.99. The summed E-state index contributed by atoms with van der Waals surface area (Å²) in [5.41, 5.74) is 11.0. The summed E-state index contributed by atoms with van der Waals surface area (Å²) in [7, 11) is 0. The van der Waals surface area contributed by atoms with Crippen molar-refractivity contribution >= 4 is 29.7 Å². The van der Waals surface area contributed by atoms with Gasteiger partial charge < -0.3 is 42.7 Å². The summed E-state index contributed by atoms with van der Waals surface area (Å²) in [6.45, 7) is 5.01. The topological polar surface area (TPSA) is 234 Å². The summed E-state index contributed by atoms with van der Waals surface area (Å²) in [5.74, 6) is -5.48. The Balaban J connectivity index is 5.56. The minimum absolute atomic E-state index is 0.162. The first-order valence-electron chi connectivity index (χ1n) is 10.8. The molecule has 0 aliphatic carbocycles. The second-order valence-corrected chi connectivity index (χ2v) is 7.99. The zero-order chi connectivity index (χ0) is 25.7. The van der Waals surface area contributed by atoms with E-state index in [2.05, 4.69) is 16.0 Å². The highest BCUT2D eigenvalue weighted by Gasteiger charge is 2.34. The van der Waals surface area contributed by atoms with Crippen LogP contribution in [0.3, 0.4) is 0 Å². The second kappa shape index (κ2) is 15.1. The maximum absolute atomic E-state index is 12.9. The number of nitrogens with two attached hydrogens (primary N) is 2. The fourth-order valence-corrected chi connectivity index (χ4v) is 2.91. The number of carbonyl (C=O) groups is 5. The van der Waals surface area contributed by atoms with Crippen LogP contribution in [-0.4, -0.2) is 81.8 Å². The molecule has 0 fully saturated rings. The number of nitrogens with one attached hydrogen (secondary N) is 3. The molecule has 0 aromatic carbocycles. The van der Waals surface area contributed by atoms with E-state index >= 15 is 0 Å². The molecule has 0 aliphatic rings. The number of aliphatic carboxylic acids is 2. The summed E-state index contributed by atoms with van der Waals surface area (Å²) in [5, 5.41) is 34.8. The average Bonchev–Trinajstić information content (AvgIpc) is 2.73. The van der Waals surface area contributed by atoms with Crippen LogP contribution in [-0.2, 0) is 24.0 Å². The smallest absolute Gasteiger partial charge is 0.328 e. The zero-order valence-electron chi connectivity index (χ0n) is 19.2. The van der Waals surface area contributed by atoms with E-state index in [-0.39, 0.29) is 6.42 Å². The quantitative estimate of drug-likeness (QED) is 0.113. The van der Waals surface area contributed by atoms with Gasteiger partial charge in [-0.05, 0) is 38.6 Å². The Morgan fingerprint density at radius 1 is 0.879 bits per heavy atom. The summed E-state index contributed by atoms with van der Waals surface area (Å²) >= 11 is 0. The molecule has 6 atom stereocenters. The standard InChI is InChI=1S/C20H37N5O8/c1-4-10(2)15(19(31)25-16(11(3)26)20(32)33)24-18(30)13(7-5-6-8-21)23-17(29)12(22)9-14(27)28/h10-13,15-16,26H,4-9,21-22H2,1-3H3,(H,23,29)(H,24,30)(H,25,31)(H,27,28)(H,32,33). The molecule has 33 heavy (non-hydrogen) atoms. The molecular formula is C20H37N5O8. The molecule has 0 bridgehead atoms. The number of carbonyl (C=O) groups excluding carboxylic acids is 3. The number of unbranched alkanes of at least 4 members (excludes halogenated alkanes) is 1. The van der Waals surface area contributed by atoms with Gasteiger partial charge >= 0.3 is 11.9 Å². The third-order valence-electron chi connectivity index (χ3n) is 5.15. The lowest BCUT2D eigenvalue weighted by molar-refractivity contribution is -0.145. The van der Waals surface area contributed by atoms with Gasteiger partial charge in [-0.25, -0.2) is 4.79 Å². The highest BCUT2D eigenvalue weighted by Crippen LogP contribution is 2.11. The van der Waals surface area contributed by atoms with Crippen molar-refractivity contribution in [3.8, 4) is 0 Å². The predicted molar refractivity (Wildman–Crippen MR) is 118 cm³/mol. The van der Waals surface area contributed by atoms with Gasteiger partial charge in [0.2, 0.25) is 17.7 Å². The third kappa shape index (κ3) is 11.1. The van der Waals surface area contributed by atoms with E-state index in [1.807, 2.05) is 0 Å². The molecular weight excluding hydrogens is 438 g/mol. The maximum Gasteiger partial charge on any atom is 0.328 e. The zero-order valence-corrected chi connectivity index (χ0v) is 19.2. The van der Waals surface area contributed by atoms with Crippen LogP contribution in [0, 0.1) is 5.92 Å². The maximum atomic E-state index is 12.9. The van der Waals surface area contributed by atoms with Gasteiger partial charge in [0.25, 0.3) is 0 Å². The molecule has 6 unspecified atom stereocenters. The van der Waals surface area contributed by atoms with Crippen LogP contribution in [0.5, 0.6) is 0 Å². The van der Waals surface area contributed by atoms with E-state index < -0.39 is 72.3 Å². The van der Waals surface area contributed by atoms with E-state index in [4.69, 9.17) is 16.6 Å². The summed E-state index contributed by atoms with van der Waals surface area (Å²) in [6.07, 6.45) is -0.361. The number of hydrogen-bond acceptors (Lipinski definition) is 8. The highest BCUT2D eigenvalue weighted by molar-refractivity contribution is 5.94. The van der Waals surface area contributed by atoms with Gasteiger partial charge in [-0.15, -0.1) is 0 Å². The fourth-order valence-electron chi connectivity index (χ4n) is 2.91. The lowest BCUT2D eigenvalue weighted by Gasteiger charge is -2.28. The van der Waals surface area contributed by atoms with Gasteiger partial charge in [-0.3, -0.25) is 19.2 Å². The first kappa shape index (κ1) is 30.2. The number of aliphatic hydroxyl groups is 1. The normalized spacial score (nSPS) is 16.4. The summed E-state index contributed by atoms with van der Waals surface area (Å²) in [6, 6.07) is -5.21. The Labute approximate surface area is 192 Å². The molecule has 0 saturated carbocycles. The first-order chi connectivity index (χ1) is 15.3. The lowest BCUT2D eigenvalue weighted by atomic mass is 9.96. The van der Waals surface area contributed by atoms with Crippen LogP contribution in [0.4, 0.5) is 0 Å². The minimum atomic E-state index is -1.57. The predicted octanol–water partition coefficient (Wildman–Crippen LogP) is -2.12. The number of hydrogen-bond donors (Lipinski definition) is 8. The molecule has 13 heteroatoms. The van der Waals surface area contributed by atoms with Crippen LogP contribution in [0.25, 0.3) is 0 Å². The van der Waals surface area contributed by atoms with Gasteiger partial charge in [0, 0.05) is 0 Å². The summed E-state index contributed by atoms with van der Waals surface area (Å²) < 4.78 is 0.